The number of hydrogen-bond donors (Lipinski definition) is 1. The molecule has 2 N–H and O–H groups in total. The van der Waals surface area contributed by atoms with E-state index in [1.807, 2.05) is 36.4 Å². The zero-order valence-electron chi connectivity index (χ0n) is 10.5. The molecule has 0 amide bonds. The summed E-state index contributed by atoms with van der Waals surface area (Å²) in [4.78, 5) is 0. The number of hydrogen-bond acceptors (Lipinski definition) is 1. The van der Waals surface area contributed by atoms with Crippen LogP contribution >= 0.6 is 0 Å². The van der Waals surface area contributed by atoms with Gasteiger partial charge in [0.05, 0.1) is 5.92 Å². The zero-order chi connectivity index (χ0) is 13.9. The lowest BCUT2D eigenvalue weighted by Gasteiger charge is -2.19. The molecular formula is C15H16F3N. The van der Waals surface area contributed by atoms with Crippen LogP contribution in [-0.2, 0) is 6.42 Å². The van der Waals surface area contributed by atoms with Gasteiger partial charge in [-0.15, -0.1) is 0 Å². The summed E-state index contributed by atoms with van der Waals surface area (Å²) in [6.07, 6.45) is -4.23. The summed E-state index contributed by atoms with van der Waals surface area (Å²) < 4.78 is 38.6. The lowest BCUT2D eigenvalue weighted by molar-refractivity contribution is -0.175. The fourth-order valence-corrected chi connectivity index (χ4v) is 2.23. The van der Waals surface area contributed by atoms with Gasteiger partial charge in [-0.1, -0.05) is 42.5 Å². The minimum Gasteiger partial charge on any atom is -0.330 e. The van der Waals surface area contributed by atoms with E-state index in [1.54, 1.807) is 6.07 Å². The van der Waals surface area contributed by atoms with E-state index in [2.05, 4.69) is 0 Å². The number of rotatable bonds is 4. The minimum absolute atomic E-state index is 0.00840. The van der Waals surface area contributed by atoms with E-state index in [1.165, 1.54) is 0 Å². The summed E-state index contributed by atoms with van der Waals surface area (Å²) in [5.41, 5.74) is 5.97. The van der Waals surface area contributed by atoms with Crippen molar-refractivity contribution in [2.24, 2.45) is 11.7 Å². The Kier molecular flexibility index (Phi) is 4.10. The van der Waals surface area contributed by atoms with Crippen molar-refractivity contribution in [2.45, 2.75) is 19.0 Å². The predicted octanol–water partition coefficient (Wildman–Crippen LogP) is 3.91. The van der Waals surface area contributed by atoms with E-state index >= 15 is 0 Å². The van der Waals surface area contributed by atoms with Crippen molar-refractivity contribution in [3.63, 3.8) is 0 Å². The molecule has 0 bridgehead atoms. The summed E-state index contributed by atoms with van der Waals surface area (Å²) in [5.74, 6) is -1.36. The fourth-order valence-electron chi connectivity index (χ4n) is 2.23. The largest absolute Gasteiger partial charge is 0.392 e. The van der Waals surface area contributed by atoms with Gasteiger partial charge in [-0.3, -0.25) is 0 Å². The molecule has 0 aliphatic heterocycles. The van der Waals surface area contributed by atoms with Gasteiger partial charge in [0, 0.05) is 0 Å². The highest BCUT2D eigenvalue weighted by molar-refractivity contribution is 5.82. The highest BCUT2D eigenvalue weighted by Crippen LogP contribution is 2.32. The molecule has 1 nitrogen and oxygen atoms in total. The van der Waals surface area contributed by atoms with Crippen molar-refractivity contribution in [2.75, 3.05) is 6.54 Å². The first kappa shape index (κ1) is 13.9. The summed E-state index contributed by atoms with van der Waals surface area (Å²) in [7, 11) is 0. The molecule has 102 valence electrons. The second-order valence-corrected chi connectivity index (χ2v) is 4.70. The van der Waals surface area contributed by atoms with Crippen molar-refractivity contribution in [3.8, 4) is 0 Å². The molecule has 0 aliphatic rings. The van der Waals surface area contributed by atoms with E-state index in [0.29, 0.717) is 5.56 Å². The number of nitrogens with two attached hydrogens (primary N) is 1. The highest BCUT2D eigenvalue weighted by atomic mass is 19.4. The topological polar surface area (TPSA) is 26.0 Å². The van der Waals surface area contributed by atoms with E-state index < -0.39 is 12.1 Å². The Balaban J connectivity index is 2.23. The number of alkyl halides is 3. The molecule has 0 saturated heterocycles. The SMILES string of the molecule is NCCC(Cc1ccc2ccccc2c1)C(F)(F)F. The Hall–Kier alpha value is -1.55. The second-order valence-electron chi connectivity index (χ2n) is 4.70. The molecule has 0 fully saturated rings. The van der Waals surface area contributed by atoms with Crippen LogP contribution in [0.25, 0.3) is 10.8 Å². The quantitative estimate of drug-likeness (QED) is 0.893. The van der Waals surface area contributed by atoms with Crippen molar-refractivity contribution < 1.29 is 13.2 Å². The molecule has 0 radical (unpaired) electrons. The molecule has 0 spiro atoms. The van der Waals surface area contributed by atoms with Crippen LogP contribution in [0.2, 0.25) is 0 Å². The van der Waals surface area contributed by atoms with Crippen LogP contribution in [-0.4, -0.2) is 12.7 Å². The molecule has 2 rings (SSSR count). The van der Waals surface area contributed by atoms with E-state index in [9.17, 15) is 13.2 Å². The molecule has 0 heterocycles. The fraction of sp³-hybridized carbons (Fsp3) is 0.333. The summed E-state index contributed by atoms with van der Waals surface area (Å²) >= 11 is 0. The third-order valence-corrected chi connectivity index (χ3v) is 3.27. The van der Waals surface area contributed by atoms with Gasteiger partial charge in [-0.2, -0.15) is 13.2 Å². The lowest BCUT2D eigenvalue weighted by atomic mass is 9.94. The number of fused-ring (bicyclic) bond motifs is 1. The van der Waals surface area contributed by atoms with Gasteiger partial charge in [0.15, 0.2) is 0 Å². The Morgan fingerprint density at radius 1 is 1.00 bits per heavy atom. The van der Waals surface area contributed by atoms with Crippen molar-refractivity contribution in [1.82, 2.24) is 0 Å². The molecule has 0 saturated carbocycles. The van der Waals surface area contributed by atoms with Crippen LogP contribution in [0.3, 0.4) is 0 Å². The molecule has 0 aliphatic carbocycles. The first-order valence-corrected chi connectivity index (χ1v) is 6.25. The minimum atomic E-state index is -4.19. The molecule has 0 aromatic heterocycles. The lowest BCUT2D eigenvalue weighted by Crippen LogP contribution is -2.27. The van der Waals surface area contributed by atoms with Crippen molar-refractivity contribution >= 4 is 10.8 Å². The molecular weight excluding hydrogens is 251 g/mol. The monoisotopic (exact) mass is 267 g/mol. The van der Waals surface area contributed by atoms with Crippen LogP contribution in [0, 0.1) is 5.92 Å². The van der Waals surface area contributed by atoms with Crippen molar-refractivity contribution in [1.29, 1.82) is 0 Å². The standard InChI is InChI=1S/C15H16F3N/c16-15(17,18)14(7-8-19)10-11-5-6-12-3-1-2-4-13(12)9-11/h1-6,9,14H,7-8,10,19H2. The molecule has 1 atom stereocenters. The van der Waals surface area contributed by atoms with Gasteiger partial charge in [0.1, 0.15) is 0 Å². The summed E-state index contributed by atoms with van der Waals surface area (Å²) in [6, 6.07) is 13.1. The summed E-state index contributed by atoms with van der Waals surface area (Å²) in [6.45, 7) is 0.0533. The number of halogens is 3. The van der Waals surface area contributed by atoms with E-state index in [-0.39, 0.29) is 19.4 Å². The Labute approximate surface area is 110 Å². The van der Waals surface area contributed by atoms with Crippen molar-refractivity contribution in [3.05, 3.63) is 48.0 Å². The van der Waals surface area contributed by atoms with Gasteiger partial charge in [0.2, 0.25) is 0 Å². The predicted molar refractivity (Wildman–Crippen MR) is 70.9 cm³/mol. The van der Waals surface area contributed by atoms with E-state index in [0.717, 1.165) is 10.8 Å². The normalized spacial score (nSPS) is 13.7. The third-order valence-electron chi connectivity index (χ3n) is 3.27. The Morgan fingerprint density at radius 2 is 1.68 bits per heavy atom. The molecule has 4 heteroatoms. The van der Waals surface area contributed by atoms with Crippen LogP contribution in [0.5, 0.6) is 0 Å². The first-order valence-electron chi connectivity index (χ1n) is 6.25. The highest BCUT2D eigenvalue weighted by Gasteiger charge is 2.38. The van der Waals surface area contributed by atoms with Gasteiger partial charge < -0.3 is 5.73 Å². The average Bonchev–Trinajstić information content (AvgIpc) is 2.37. The number of benzene rings is 2. The molecule has 1 unspecified atom stereocenters. The third kappa shape index (κ3) is 3.47. The van der Waals surface area contributed by atoms with Crippen LogP contribution in [0.15, 0.2) is 42.5 Å². The zero-order valence-corrected chi connectivity index (χ0v) is 10.5. The van der Waals surface area contributed by atoms with Gasteiger partial charge in [-0.25, -0.2) is 0 Å². The smallest absolute Gasteiger partial charge is 0.330 e. The second kappa shape index (κ2) is 5.61. The van der Waals surface area contributed by atoms with Crippen LogP contribution in [0.4, 0.5) is 13.2 Å². The van der Waals surface area contributed by atoms with E-state index in [4.69, 9.17) is 5.73 Å². The first-order chi connectivity index (χ1) is 9.00. The Morgan fingerprint density at radius 3 is 2.32 bits per heavy atom. The van der Waals surface area contributed by atoms with Crippen LogP contribution < -0.4 is 5.73 Å². The maximum Gasteiger partial charge on any atom is 0.392 e. The van der Waals surface area contributed by atoms with Gasteiger partial charge in [-0.05, 0) is 35.7 Å². The molecule has 2 aromatic rings. The maximum absolute atomic E-state index is 12.9. The molecule has 19 heavy (non-hydrogen) atoms. The van der Waals surface area contributed by atoms with Gasteiger partial charge in [0.25, 0.3) is 0 Å². The average molecular weight is 267 g/mol. The Bertz CT molecular complexity index is 548. The van der Waals surface area contributed by atoms with Gasteiger partial charge >= 0.3 is 6.18 Å². The molecule has 2 aromatic carbocycles. The van der Waals surface area contributed by atoms with Crippen LogP contribution in [0.1, 0.15) is 12.0 Å². The summed E-state index contributed by atoms with van der Waals surface area (Å²) in [5, 5.41) is 2.00. The maximum atomic E-state index is 12.9.